The summed E-state index contributed by atoms with van der Waals surface area (Å²) in [7, 11) is 0. The second-order valence-corrected chi connectivity index (χ2v) is 14.8. The van der Waals surface area contributed by atoms with Gasteiger partial charge in [0.2, 0.25) is 12.0 Å². The first-order chi connectivity index (χ1) is 25.6. The fourth-order valence-electron chi connectivity index (χ4n) is 7.17. The van der Waals surface area contributed by atoms with Gasteiger partial charge in [-0.15, -0.1) is 0 Å². The molecule has 0 spiro atoms. The van der Waals surface area contributed by atoms with Crippen LogP contribution in [0.4, 0.5) is 8.78 Å². The van der Waals surface area contributed by atoms with E-state index in [-0.39, 0.29) is 5.57 Å². The molecule has 4 rings (SSSR count). The predicted octanol–water partition coefficient (Wildman–Crippen LogP) is 15.2. The van der Waals surface area contributed by atoms with E-state index in [0.29, 0.717) is 18.8 Å². The maximum Gasteiger partial charge on any atom is 0.227 e. The van der Waals surface area contributed by atoms with Crippen LogP contribution in [0.5, 0.6) is 0 Å². The van der Waals surface area contributed by atoms with Crippen molar-refractivity contribution in [3.05, 3.63) is 102 Å². The third-order valence-electron chi connectivity index (χ3n) is 10.5. The van der Waals surface area contributed by atoms with Gasteiger partial charge >= 0.3 is 0 Å². The summed E-state index contributed by atoms with van der Waals surface area (Å²) in [6.45, 7) is 5.19. The van der Waals surface area contributed by atoms with E-state index in [1.807, 2.05) is 42.5 Å². The van der Waals surface area contributed by atoms with Crippen LogP contribution >= 0.6 is 0 Å². The summed E-state index contributed by atoms with van der Waals surface area (Å²) >= 11 is 0. The molecule has 1 aliphatic carbocycles. The van der Waals surface area contributed by atoms with Crippen molar-refractivity contribution in [2.75, 3.05) is 13.2 Å². The Hall–Kier alpha value is -3.08. The highest BCUT2D eigenvalue weighted by molar-refractivity contribution is 5.79. The second kappa shape index (κ2) is 24.3. The van der Waals surface area contributed by atoms with E-state index in [9.17, 15) is 0 Å². The van der Waals surface area contributed by atoms with Gasteiger partial charge in [-0.3, -0.25) is 0 Å². The Morgan fingerprint density at radius 2 is 0.808 bits per heavy atom. The van der Waals surface area contributed by atoms with Gasteiger partial charge in [0.15, 0.2) is 0 Å². The Bertz CT molecular complexity index is 1400. The molecular formula is C48H66F2O2. The van der Waals surface area contributed by atoms with Crippen LogP contribution < -0.4 is 0 Å². The first-order valence-electron chi connectivity index (χ1n) is 20.8. The Balaban J connectivity index is 1.32. The van der Waals surface area contributed by atoms with Crippen molar-refractivity contribution in [1.29, 1.82) is 0 Å². The minimum atomic E-state index is -2.02. The molecule has 4 heteroatoms. The summed E-state index contributed by atoms with van der Waals surface area (Å²) in [6.07, 6.45) is 25.4. The van der Waals surface area contributed by atoms with Crippen molar-refractivity contribution < 1.29 is 18.3 Å². The number of unbranched alkanes of at least 4 members (excludes halogenated alkanes) is 18. The summed E-state index contributed by atoms with van der Waals surface area (Å²) in [5.41, 5.74) is 5.31. The lowest BCUT2D eigenvalue weighted by Crippen LogP contribution is -2.46. The first kappa shape index (κ1) is 41.7. The largest absolute Gasteiger partial charge is 0.344 e. The quantitative estimate of drug-likeness (QED) is 0.0579. The maximum absolute atomic E-state index is 16.2. The molecule has 2 nitrogen and oxygen atoms in total. The molecule has 0 amide bonds. The van der Waals surface area contributed by atoms with Gasteiger partial charge in [-0.05, 0) is 46.7 Å². The van der Waals surface area contributed by atoms with E-state index in [2.05, 4.69) is 50.2 Å². The Morgan fingerprint density at radius 3 is 1.21 bits per heavy atom. The monoisotopic (exact) mass is 713 g/mol. The van der Waals surface area contributed by atoms with Crippen LogP contribution in [0.15, 0.2) is 96.8 Å². The van der Waals surface area contributed by atoms with Crippen molar-refractivity contribution in [2.45, 2.75) is 154 Å². The van der Waals surface area contributed by atoms with Crippen LogP contribution in [0, 0.1) is 0 Å². The van der Waals surface area contributed by atoms with E-state index in [1.54, 1.807) is 12.2 Å². The molecule has 0 bridgehead atoms. The molecule has 0 saturated heterocycles. The van der Waals surface area contributed by atoms with Crippen molar-refractivity contribution in [2.24, 2.45) is 0 Å². The van der Waals surface area contributed by atoms with Gasteiger partial charge in [0, 0.05) is 5.57 Å². The average Bonchev–Trinajstić information content (AvgIpc) is 3.18. The number of hydrogen-bond acceptors (Lipinski definition) is 2. The SMILES string of the molecule is CCCCCCCCCCCCOC1(OCCCCCCCCCCCC)C=CC(c2ccc(-c3ccc(-c4ccccc4)cc3)cc2)=C(F)C1F. The first-order valence-corrected chi connectivity index (χ1v) is 20.8. The van der Waals surface area contributed by atoms with Crippen LogP contribution in [-0.4, -0.2) is 25.2 Å². The number of ether oxygens (including phenoxy) is 2. The Kier molecular flexibility index (Phi) is 19.5. The predicted molar refractivity (Wildman–Crippen MR) is 218 cm³/mol. The molecule has 0 N–H and O–H groups in total. The molecule has 0 radical (unpaired) electrons. The topological polar surface area (TPSA) is 18.5 Å². The minimum Gasteiger partial charge on any atom is -0.344 e. The molecular weight excluding hydrogens is 647 g/mol. The fourth-order valence-corrected chi connectivity index (χ4v) is 7.17. The molecule has 284 valence electrons. The molecule has 0 saturated carbocycles. The van der Waals surface area contributed by atoms with Crippen LogP contribution in [0.3, 0.4) is 0 Å². The van der Waals surface area contributed by atoms with Crippen molar-refractivity contribution >= 4 is 5.57 Å². The van der Waals surface area contributed by atoms with Crippen LogP contribution in [-0.2, 0) is 9.47 Å². The summed E-state index contributed by atoms with van der Waals surface area (Å²) in [4.78, 5) is 0. The van der Waals surface area contributed by atoms with E-state index in [4.69, 9.17) is 9.47 Å². The van der Waals surface area contributed by atoms with Crippen molar-refractivity contribution in [3.8, 4) is 22.3 Å². The smallest absolute Gasteiger partial charge is 0.227 e. The van der Waals surface area contributed by atoms with E-state index in [1.165, 1.54) is 95.5 Å². The van der Waals surface area contributed by atoms with Gasteiger partial charge in [-0.1, -0.05) is 214 Å². The molecule has 1 unspecified atom stereocenters. The van der Waals surface area contributed by atoms with E-state index in [0.717, 1.165) is 55.2 Å². The molecule has 1 atom stereocenters. The average molecular weight is 713 g/mol. The number of rotatable bonds is 27. The van der Waals surface area contributed by atoms with Gasteiger partial charge in [0.1, 0.15) is 5.83 Å². The number of allylic oxidation sites excluding steroid dienone is 2. The highest BCUT2D eigenvalue weighted by atomic mass is 19.2. The molecule has 3 aromatic rings. The van der Waals surface area contributed by atoms with E-state index >= 15 is 8.78 Å². The molecule has 0 aromatic heterocycles. The zero-order valence-corrected chi connectivity index (χ0v) is 32.4. The van der Waals surface area contributed by atoms with Gasteiger partial charge in [0.05, 0.1) is 13.2 Å². The maximum atomic E-state index is 16.2. The summed E-state index contributed by atoms with van der Waals surface area (Å²) in [5.74, 6) is -2.55. The normalized spacial score (nSPS) is 15.4. The number of alkyl halides is 1. The molecule has 1 aliphatic rings. The molecule has 0 heterocycles. The van der Waals surface area contributed by atoms with Crippen LogP contribution in [0.2, 0.25) is 0 Å². The highest BCUT2D eigenvalue weighted by Gasteiger charge is 2.46. The number of hydrogen-bond donors (Lipinski definition) is 0. The lowest BCUT2D eigenvalue weighted by Gasteiger charge is -2.36. The molecule has 52 heavy (non-hydrogen) atoms. The van der Waals surface area contributed by atoms with Crippen LogP contribution in [0.1, 0.15) is 148 Å². The zero-order chi connectivity index (χ0) is 36.7. The third-order valence-corrected chi connectivity index (χ3v) is 10.5. The van der Waals surface area contributed by atoms with E-state index < -0.39 is 17.8 Å². The van der Waals surface area contributed by atoms with Gasteiger partial charge in [0.25, 0.3) is 0 Å². The summed E-state index contributed by atoms with van der Waals surface area (Å²) < 4.78 is 44.5. The molecule has 3 aromatic carbocycles. The lowest BCUT2D eigenvalue weighted by atomic mass is 9.92. The highest BCUT2D eigenvalue weighted by Crippen LogP contribution is 2.39. The second-order valence-electron chi connectivity index (χ2n) is 14.8. The summed E-state index contributed by atoms with van der Waals surface area (Å²) in [5, 5.41) is 0. The Morgan fingerprint density at radius 1 is 0.462 bits per heavy atom. The van der Waals surface area contributed by atoms with Gasteiger partial charge < -0.3 is 9.47 Å². The van der Waals surface area contributed by atoms with Crippen molar-refractivity contribution in [1.82, 2.24) is 0 Å². The standard InChI is InChI=1S/C48H66F2O2/c1-3-5-7-9-11-13-15-17-19-24-38-51-48(52-39-25-20-18-16-14-12-10-8-6-4-2)37-36-45(46(49)47(48)50)44-34-32-43(33-35-44)42-30-28-41(29-31-42)40-26-22-21-23-27-40/h21-23,26-37,47H,3-20,24-25,38-39H2,1-2H3. The fraction of sp³-hybridized carbons (Fsp3) is 0.542. The minimum absolute atomic E-state index is 0.249. The number of benzene rings is 3. The van der Waals surface area contributed by atoms with Gasteiger partial charge in [-0.2, -0.15) is 0 Å². The number of halogens is 2. The summed E-state index contributed by atoms with van der Waals surface area (Å²) in [6, 6.07) is 26.4. The van der Waals surface area contributed by atoms with Crippen molar-refractivity contribution in [3.63, 3.8) is 0 Å². The Labute approximate surface area is 315 Å². The lowest BCUT2D eigenvalue weighted by molar-refractivity contribution is -0.234. The zero-order valence-electron chi connectivity index (χ0n) is 32.4. The molecule has 0 aliphatic heterocycles. The third kappa shape index (κ3) is 13.7. The van der Waals surface area contributed by atoms with Crippen LogP contribution in [0.25, 0.3) is 27.8 Å². The van der Waals surface area contributed by atoms with Gasteiger partial charge in [-0.25, -0.2) is 8.78 Å². The molecule has 0 fully saturated rings.